The molecule has 158 valence electrons. The van der Waals surface area contributed by atoms with E-state index in [1.165, 1.54) is 25.7 Å². The van der Waals surface area contributed by atoms with Gasteiger partial charge in [-0.05, 0) is 92.7 Å². The van der Waals surface area contributed by atoms with Crippen molar-refractivity contribution in [2.24, 2.45) is 17.8 Å². The van der Waals surface area contributed by atoms with E-state index in [9.17, 15) is 22.0 Å². The van der Waals surface area contributed by atoms with Crippen LogP contribution in [0.2, 0.25) is 0 Å². The van der Waals surface area contributed by atoms with Gasteiger partial charge in [0.1, 0.15) is 0 Å². The van der Waals surface area contributed by atoms with Crippen LogP contribution in [0.1, 0.15) is 62.8 Å². The van der Waals surface area contributed by atoms with Crippen LogP contribution in [-0.4, -0.2) is 20.1 Å². The van der Waals surface area contributed by atoms with Crippen LogP contribution >= 0.6 is 0 Å². The van der Waals surface area contributed by atoms with Gasteiger partial charge < -0.3 is 9.47 Å². The smallest absolute Gasteiger partial charge is 0.399 e. The lowest BCUT2D eigenvalue weighted by Crippen LogP contribution is -2.26. The summed E-state index contributed by atoms with van der Waals surface area (Å²) < 4.78 is 73.5. The van der Waals surface area contributed by atoms with Crippen molar-refractivity contribution in [3.05, 3.63) is 29.3 Å². The predicted molar refractivity (Wildman–Crippen MR) is 95.1 cm³/mol. The van der Waals surface area contributed by atoms with Gasteiger partial charge in [0, 0.05) is 13.7 Å². The molecule has 2 aliphatic carbocycles. The van der Waals surface area contributed by atoms with Gasteiger partial charge in [0.25, 0.3) is 0 Å². The number of alkyl halides is 3. The number of hydrogen-bond acceptors (Lipinski definition) is 2. The lowest BCUT2D eigenvalue weighted by Gasteiger charge is -2.38. The van der Waals surface area contributed by atoms with Crippen LogP contribution < -0.4 is 4.74 Å². The molecule has 28 heavy (non-hydrogen) atoms. The molecule has 2 aliphatic rings. The molecule has 0 N–H and O–H groups in total. The Bertz CT molecular complexity index is 622. The Labute approximate surface area is 162 Å². The number of benzene rings is 1. The number of rotatable bonds is 5. The third kappa shape index (κ3) is 5.37. The first-order valence-electron chi connectivity index (χ1n) is 10.0. The fourth-order valence-corrected chi connectivity index (χ4v) is 5.01. The Balaban J connectivity index is 1.56. The minimum atomic E-state index is -5.12. The maximum absolute atomic E-state index is 14.0. The van der Waals surface area contributed by atoms with E-state index in [1.54, 1.807) is 7.11 Å². The number of halogens is 5. The zero-order valence-corrected chi connectivity index (χ0v) is 16.0. The third-order valence-electron chi connectivity index (χ3n) is 6.44. The number of ether oxygens (including phenoxy) is 2. The molecule has 3 rings (SSSR count). The first kappa shape index (κ1) is 21.3. The molecule has 0 saturated heterocycles. The molecule has 0 aromatic heterocycles. The zero-order chi connectivity index (χ0) is 20.3. The number of hydrogen-bond donors (Lipinski definition) is 0. The molecule has 2 saturated carbocycles. The second kappa shape index (κ2) is 8.97. The molecule has 0 aliphatic heterocycles. The summed E-state index contributed by atoms with van der Waals surface area (Å²) in [6, 6.07) is 1.98. The highest BCUT2D eigenvalue weighted by atomic mass is 19.4. The fourth-order valence-electron chi connectivity index (χ4n) is 5.01. The Kier molecular flexibility index (Phi) is 6.84. The van der Waals surface area contributed by atoms with Crippen molar-refractivity contribution in [2.45, 2.75) is 63.6 Å². The van der Waals surface area contributed by atoms with E-state index in [-0.39, 0.29) is 5.92 Å². The summed E-state index contributed by atoms with van der Waals surface area (Å²) in [7, 11) is 1.74. The molecule has 0 heterocycles. The highest BCUT2D eigenvalue weighted by Crippen LogP contribution is 2.44. The van der Waals surface area contributed by atoms with E-state index >= 15 is 0 Å². The van der Waals surface area contributed by atoms with Crippen LogP contribution in [0.5, 0.6) is 5.75 Å². The normalized spacial score (nSPS) is 28.9. The molecular weight excluding hydrogens is 379 g/mol. The van der Waals surface area contributed by atoms with Gasteiger partial charge in [0.15, 0.2) is 11.6 Å². The fraction of sp³-hybridized carbons (Fsp3) is 0.714. The van der Waals surface area contributed by atoms with Gasteiger partial charge in [-0.3, -0.25) is 0 Å². The van der Waals surface area contributed by atoms with Crippen molar-refractivity contribution in [2.75, 3.05) is 13.7 Å². The Morgan fingerprint density at radius 1 is 0.857 bits per heavy atom. The SMILES string of the molecule is COCC1CCC(C2CCC(c3cc(F)c(OC(F)(F)F)c(F)c3)CC2)CC1. The average Bonchev–Trinajstić information content (AvgIpc) is 2.65. The Hall–Kier alpha value is -1.37. The van der Waals surface area contributed by atoms with Crippen LogP contribution in [0.4, 0.5) is 22.0 Å². The molecule has 1 aromatic rings. The summed E-state index contributed by atoms with van der Waals surface area (Å²) in [5.41, 5.74) is 0.423. The molecule has 0 spiro atoms. The molecule has 0 radical (unpaired) electrons. The summed E-state index contributed by atoms with van der Waals surface area (Å²) >= 11 is 0. The molecule has 1 aromatic carbocycles. The zero-order valence-electron chi connectivity index (χ0n) is 16.0. The summed E-state index contributed by atoms with van der Waals surface area (Å²) in [6.45, 7) is 0.824. The van der Waals surface area contributed by atoms with Crippen LogP contribution in [0.15, 0.2) is 12.1 Å². The van der Waals surface area contributed by atoms with Gasteiger partial charge in [-0.2, -0.15) is 0 Å². The second-order valence-electron chi connectivity index (χ2n) is 8.21. The maximum atomic E-state index is 14.0. The van der Waals surface area contributed by atoms with Gasteiger partial charge in [0.2, 0.25) is 5.75 Å². The van der Waals surface area contributed by atoms with E-state index in [0.717, 1.165) is 44.4 Å². The first-order valence-corrected chi connectivity index (χ1v) is 10.0. The monoisotopic (exact) mass is 406 g/mol. The topological polar surface area (TPSA) is 18.5 Å². The van der Waals surface area contributed by atoms with E-state index in [1.807, 2.05) is 0 Å². The standard InChI is InChI=1S/C21H27F5O2/c1-27-12-13-2-4-14(5-3-13)15-6-8-16(9-7-15)17-10-18(22)20(19(23)11-17)28-21(24,25)26/h10-11,13-16H,2-9,12H2,1H3. The van der Waals surface area contributed by atoms with Gasteiger partial charge in [0.05, 0.1) is 0 Å². The summed E-state index contributed by atoms with van der Waals surface area (Å²) in [6.07, 6.45) is 3.27. The molecular formula is C21H27F5O2. The molecule has 2 nitrogen and oxygen atoms in total. The number of methoxy groups -OCH3 is 1. The molecule has 0 unspecified atom stereocenters. The third-order valence-corrected chi connectivity index (χ3v) is 6.44. The summed E-state index contributed by atoms with van der Waals surface area (Å²) in [5, 5.41) is 0. The van der Waals surface area contributed by atoms with Crippen LogP contribution in [-0.2, 0) is 4.74 Å². The second-order valence-corrected chi connectivity index (χ2v) is 8.21. The quantitative estimate of drug-likeness (QED) is 0.514. The lowest BCUT2D eigenvalue weighted by molar-refractivity contribution is -0.276. The van der Waals surface area contributed by atoms with E-state index in [0.29, 0.717) is 23.3 Å². The van der Waals surface area contributed by atoms with Crippen molar-refractivity contribution in [3.8, 4) is 5.75 Å². The van der Waals surface area contributed by atoms with Crippen molar-refractivity contribution in [3.63, 3.8) is 0 Å². The largest absolute Gasteiger partial charge is 0.573 e. The van der Waals surface area contributed by atoms with Crippen molar-refractivity contribution >= 4 is 0 Å². The average molecular weight is 406 g/mol. The van der Waals surface area contributed by atoms with Gasteiger partial charge in [-0.25, -0.2) is 8.78 Å². The summed E-state index contributed by atoms with van der Waals surface area (Å²) in [4.78, 5) is 0. The molecule has 0 bridgehead atoms. The van der Waals surface area contributed by atoms with Crippen molar-refractivity contribution in [1.29, 1.82) is 0 Å². The predicted octanol–water partition coefficient (Wildman–Crippen LogP) is 6.59. The molecule has 7 heteroatoms. The highest BCUT2D eigenvalue weighted by molar-refractivity contribution is 5.33. The Morgan fingerprint density at radius 3 is 1.82 bits per heavy atom. The van der Waals surface area contributed by atoms with Crippen LogP contribution in [0.3, 0.4) is 0 Å². The van der Waals surface area contributed by atoms with Crippen LogP contribution in [0.25, 0.3) is 0 Å². The van der Waals surface area contributed by atoms with E-state index in [4.69, 9.17) is 4.74 Å². The highest BCUT2D eigenvalue weighted by Gasteiger charge is 2.35. The first-order chi connectivity index (χ1) is 13.3. The summed E-state index contributed by atoms with van der Waals surface area (Å²) in [5.74, 6) is -2.02. The van der Waals surface area contributed by atoms with Crippen molar-refractivity contribution in [1.82, 2.24) is 0 Å². The van der Waals surface area contributed by atoms with Gasteiger partial charge in [-0.1, -0.05) is 0 Å². The van der Waals surface area contributed by atoms with E-state index < -0.39 is 23.7 Å². The molecule has 2 fully saturated rings. The van der Waals surface area contributed by atoms with Gasteiger partial charge >= 0.3 is 6.36 Å². The van der Waals surface area contributed by atoms with Gasteiger partial charge in [-0.15, -0.1) is 13.2 Å². The molecule has 0 amide bonds. The Morgan fingerprint density at radius 2 is 1.36 bits per heavy atom. The molecule has 0 atom stereocenters. The van der Waals surface area contributed by atoms with Crippen molar-refractivity contribution < 1.29 is 31.4 Å². The van der Waals surface area contributed by atoms with E-state index in [2.05, 4.69) is 4.74 Å². The maximum Gasteiger partial charge on any atom is 0.573 e. The minimum Gasteiger partial charge on any atom is -0.399 e. The van der Waals surface area contributed by atoms with Crippen LogP contribution in [0, 0.1) is 29.4 Å². The lowest BCUT2D eigenvalue weighted by atomic mass is 9.68. The minimum absolute atomic E-state index is 0.0231.